The standard InChI is InChI=1S/C10H17NO3S/c1-14-6-9(12)4-11-5-10(13)8-2-3-15-7-8/h2-3,7,9-13H,4-6H2,1H3. The van der Waals surface area contributed by atoms with Crippen LogP contribution >= 0.6 is 11.3 Å². The summed E-state index contributed by atoms with van der Waals surface area (Å²) in [5.74, 6) is 0. The van der Waals surface area contributed by atoms with Crippen molar-refractivity contribution in [2.45, 2.75) is 12.2 Å². The number of hydrogen-bond donors (Lipinski definition) is 3. The monoisotopic (exact) mass is 231 g/mol. The van der Waals surface area contributed by atoms with Crippen LogP contribution in [0.1, 0.15) is 11.7 Å². The van der Waals surface area contributed by atoms with Crippen LogP contribution in [0.25, 0.3) is 0 Å². The van der Waals surface area contributed by atoms with Crippen LogP contribution in [0.15, 0.2) is 16.8 Å². The van der Waals surface area contributed by atoms with Gasteiger partial charge in [-0.3, -0.25) is 0 Å². The van der Waals surface area contributed by atoms with Crippen molar-refractivity contribution >= 4 is 11.3 Å². The number of thiophene rings is 1. The van der Waals surface area contributed by atoms with E-state index in [0.717, 1.165) is 5.56 Å². The molecule has 0 aliphatic rings. The molecular weight excluding hydrogens is 214 g/mol. The summed E-state index contributed by atoms with van der Waals surface area (Å²) >= 11 is 1.56. The molecule has 4 nitrogen and oxygen atoms in total. The second-order valence-corrected chi connectivity index (χ2v) is 4.12. The number of rotatable bonds is 7. The predicted octanol–water partition coefficient (Wildman–Crippen LogP) is 0.378. The average Bonchev–Trinajstić information content (AvgIpc) is 2.70. The normalized spacial score (nSPS) is 15.1. The van der Waals surface area contributed by atoms with Crippen molar-refractivity contribution in [1.82, 2.24) is 5.32 Å². The van der Waals surface area contributed by atoms with Gasteiger partial charge >= 0.3 is 0 Å². The van der Waals surface area contributed by atoms with Crippen LogP contribution < -0.4 is 5.32 Å². The van der Waals surface area contributed by atoms with Crippen molar-refractivity contribution in [1.29, 1.82) is 0 Å². The first-order valence-corrected chi connectivity index (χ1v) is 5.76. The van der Waals surface area contributed by atoms with Crippen molar-refractivity contribution in [3.63, 3.8) is 0 Å². The minimum atomic E-state index is -0.523. The highest BCUT2D eigenvalue weighted by molar-refractivity contribution is 7.07. The van der Waals surface area contributed by atoms with Gasteiger partial charge in [-0.25, -0.2) is 0 Å². The number of aliphatic hydroxyl groups excluding tert-OH is 2. The van der Waals surface area contributed by atoms with Gasteiger partial charge in [0.1, 0.15) is 0 Å². The van der Waals surface area contributed by atoms with Crippen molar-refractivity contribution in [2.24, 2.45) is 0 Å². The van der Waals surface area contributed by atoms with Gasteiger partial charge in [0, 0.05) is 20.2 Å². The summed E-state index contributed by atoms with van der Waals surface area (Å²) in [5, 5.41) is 25.8. The maximum atomic E-state index is 9.68. The zero-order chi connectivity index (χ0) is 11.1. The smallest absolute Gasteiger partial charge is 0.0922 e. The Morgan fingerprint density at radius 2 is 2.27 bits per heavy atom. The molecule has 2 atom stereocenters. The van der Waals surface area contributed by atoms with Crippen LogP contribution in [0.5, 0.6) is 0 Å². The molecule has 0 aromatic carbocycles. The molecule has 0 spiro atoms. The third kappa shape index (κ3) is 4.72. The van der Waals surface area contributed by atoms with E-state index in [4.69, 9.17) is 4.74 Å². The van der Waals surface area contributed by atoms with E-state index >= 15 is 0 Å². The Hall–Kier alpha value is -0.460. The first-order chi connectivity index (χ1) is 7.24. The van der Waals surface area contributed by atoms with Crippen LogP contribution in [-0.2, 0) is 4.74 Å². The average molecular weight is 231 g/mol. The van der Waals surface area contributed by atoms with E-state index in [1.807, 2.05) is 16.8 Å². The van der Waals surface area contributed by atoms with E-state index in [-0.39, 0.29) is 0 Å². The molecule has 1 aromatic heterocycles. The Kier molecular flexibility index (Phi) is 5.82. The zero-order valence-electron chi connectivity index (χ0n) is 8.72. The van der Waals surface area contributed by atoms with Gasteiger partial charge < -0.3 is 20.3 Å². The minimum Gasteiger partial charge on any atom is -0.389 e. The first-order valence-electron chi connectivity index (χ1n) is 4.82. The van der Waals surface area contributed by atoms with Crippen LogP contribution in [0.2, 0.25) is 0 Å². The predicted molar refractivity (Wildman–Crippen MR) is 60.0 cm³/mol. The second kappa shape index (κ2) is 6.92. The van der Waals surface area contributed by atoms with Crippen molar-refractivity contribution < 1.29 is 14.9 Å². The molecule has 0 saturated heterocycles. The Balaban J connectivity index is 2.15. The lowest BCUT2D eigenvalue weighted by Gasteiger charge is -2.13. The van der Waals surface area contributed by atoms with Gasteiger partial charge in [-0.05, 0) is 22.4 Å². The second-order valence-electron chi connectivity index (χ2n) is 3.34. The van der Waals surface area contributed by atoms with Gasteiger partial charge in [-0.1, -0.05) is 0 Å². The molecule has 3 N–H and O–H groups in total. The maximum absolute atomic E-state index is 9.68. The van der Waals surface area contributed by atoms with E-state index < -0.39 is 12.2 Å². The summed E-state index contributed by atoms with van der Waals surface area (Å²) in [5.41, 5.74) is 0.911. The largest absolute Gasteiger partial charge is 0.389 e. The summed E-state index contributed by atoms with van der Waals surface area (Å²) in [6, 6.07) is 1.89. The third-order valence-electron chi connectivity index (χ3n) is 2.00. The Labute approximate surface area is 93.5 Å². The van der Waals surface area contributed by atoms with Crippen LogP contribution in [-0.4, -0.2) is 43.1 Å². The number of aliphatic hydroxyl groups is 2. The number of methoxy groups -OCH3 is 1. The van der Waals surface area contributed by atoms with Crippen LogP contribution in [0, 0.1) is 0 Å². The molecule has 15 heavy (non-hydrogen) atoms. The van der Waals surface area contributed by atoms with Crippen LogP contribution in [0.3, 0.4) is 0 Å². The molecule has 86 valence electrons. The van der Waals surface area contributed by atoms with E-state index in [2.05, 4.69) is 5.32 Å². The Morgan fingerprint density at radius 1 is 1.47 bits per heavy atom. The summed E-state index contributed by atoms with van der Waals surface area (Å²) in [7, 11) is 1.55. The molecule has 1 aromatic rings. The lowest BCUT2D eigenvalue weighted by molar-refractivity contribution is 0.0616. The molecule has 1 heterocycles. The van der Waals surface area contributed by atoms with E-state index in [9.17, 15) is 10.2 Å². The third-order valence-corrected chi connectivity index (χ3v) is 2.71. The van der Waals surface area contributed by atoms with Gasteiger partial charge in [0.25, 0.3) is 0 Å². The number of hydrogen-bond acceptors (Lipinski definition) is 5. The van der Waals surface area contributed by atoms with Gasteiger partial charge in [0.2, 0.25) is 0 Å². The lowest BCUT2D eigenvalue weighted by atomic mass is 10.2. The fraction of sp³-hybridized carbons (Fsp3) is 0.600. The number of nitrogens with one attached hydrogen (secondary N) is 1. The molecular formula is C10H17NO3S. The molecule has 1 rings (SSSR count). The highest BCUT2D eigenvalue weighted by Crippen LogP contribution is 2.14. The molecule has 0 fully saturated rings. The summed E-state index contributed by atoms with van der Waals surface area (Å²) in [6.07, 6.45) is -1.03. The molecule has 5 heteroatoms. The summed E-state index contributed by atoms with van der Waals surface area (Å²) < 4.78 is 4.78. The van der Waals surface area contributed by atoms with Crippen molar-refractivity contribution in [3.8, 4) is 0 Å². The molecule has 2 unspecified atom stereocenters. The van der Waals surface area contributed by atoms with Gasteiger partial charge in [0.15, 0.2) is 0 Å². The highest BCUT2D eigenvalue weighted by atomic mass is 32.1. The minimum absolute atomic E-state index is 0.307. The Morgan fingerprint density at radius 3 is 2.87 bits per heavy atom. The first kappa shape index (κ1) is 12.6. The maximum Gasteiger partial charge on any atom is 0.0922 e. The SMILES string of the molecule is COCC(O)CNCC(O)c1ccsc1. The number of ether oxygens (including phenoxy) is 1. The topological polar surface area (TPSA) is 61.7 Å². The molecule has 0 bridgehead atoms. The van der Waals surface area contributed by atoms with Gasteiger partial charge in [-0.15, -0.1) is 0 Å². The van der Waals surface area contributed by atoms with E-state index in [1.54, 1.807) is 18.4 Å². The lowest BCUT2D eigenvalue weighted by Crippen LogP contribution is -2.32. The fourth-order valence-electron chi connectivity index (χ4n) is 1.22. The van der Waals surface area contributed by atoms with E-state index in [0.29, 0.717) is 19.7 Å². The fourth-order valence-corrected chi connectivity index (χ4v) is 1.93. The van der Waals surface area contributed by atoms with Crippen molar-refractivity contribution in [2.75, 3.05) is 26.8 Å². The summed E-state index contributed by atoms with van der Waals surface area (Å²) in [6.45, 7) is 1.17. The zero-order valence-corrected chi connectivity index (χ0v) is 9.54. The summed E-state index contributed by atoms with van der Waals surface area (Å²) in [4.78, 5) is 0. The molecule has 0 aliphatic carbocycles. The molecule has 0 amide bonds. The molecule has 0 saturated carbocycles. The van der Waals surface area contributed by atoms with Crippen molar-refractivity contribution in [3.05, 3.63) is 22.4 Å². The van der Waals surface area contributed by atoms with E-state index in [1.165, 1.54) is 0 Å². The Bertz CT molecular complexity index is 253. The molecule has 0 radical (unpaired) electrons. The van der Waals surface area contributed by atoms with Gasteiger partial charge in [-0.2, -0.15) is 11.3 Å². The van der Waals surface area contributed by atoms with Crippen LogP contribution in [0.4, 0.5) is 0 Å². The quantitative estimate of drug-likeness (QED) is 0.635. The van der Waals surface area contributed by atoms with Gasteiger partial charge in [0.05, 0.1) is 18.8 Å². The molecule has 0 aliphatic heterocycles. The highest BCUT2D eigenvalue weighted by Gasteiger charge is 2.08.